The molecule has 0 aliphatic carbocycles. The molecule has 2 nitrogen and oxygen atoms in total. The highest BCUT2D eigenvalue weighted by atomic mass is 15.1. The maximum atomic E-state index is 2.43. The van der Waals surface area contributed by atoms with Gasteiger partial charge in [-0.1, -0.05) is 194 Å². The van der Waals surface area contributed by atoms with Crippen LogP contribution in [0.2, 0.25) is 0 Å². The van der Waals surface area contributed by atoms with Crippen LogP contribution in [0.1, 0.15) is 0 Å². The van der Waals surface area contributed by atoms with Gasteiger partial charge in [-0.2, -0.15) is 0 Å². The lowest BCUT2D eigenvalue weighted by molar-refractivity contribution is 1.17. The van der Waals surface area contributed by atoms with Crippen LogP contribution in [0, 0.1) is 0 Å². The molecule has 0 spiro atoms. The molecular weight excluding hydrogens is 869 g/mol. The van der Waals surface area contributed by atoms with Gasteiger partial charge in [0.2, 0.25) is 0 Å². The molecule has 0 saturated carbocycles. The lowest BCUT2D eigenvalue weighted by atomic mass is 9.86. The molecule has 1 aromatic heterocycles. The highest BCUT2D eigenvalue weighted by Gasteiger charge is 2.20. The van der Waals surface area contributed by atoms with Crippen molar-refractivity contribution in [3.63, 3.8) is 0 Å². The smallest absolute Gasteiger partial charge is 0.0541 e. The highest BCUT2D eigenvalue weighted by molar-refractivity contribution is 6.21. The summed E-state index contributed by atoms with van der Waals surface area (Å²) in [5.74, 6) is 0. The molecule has 2 heteroatoms. The Morgan fingerprint density at radius 2 is 0.569 bits per heavy atom. The van der Waals surface area contributed by atoms with E-state index in [-0.39, 0.29) is 0 Å². The van der Waals surface area contributed by atoms with Crippen LogP contribution in [0.25, 0.3) is 115 Å². The first kappa shape index (κ1) is 41.5. The van der Waals surface area contributed by atoms with Crippen LogP contribution < -0.4 is 4.90 Å². The molecule has 14 aromatic rings. The van der Waals surface area contributed by atoms with Crippen LogP contribution in [0.3, 0.4) is 0 Å². The maximum absolute atomic E-state index is 2.43. The fraction of sp³-hybridized carbons (Fsp3) is 0. The van der Waals surface area contributed by atoms with Crippen molar-refractivity contribution in [1.29, 1.82) is 0 Å². The van der Waals surface area contributed by atoms with Crippen molar-refractivity contribution in [3.8, 4) is 50.2 Å². The van der Waals surface area contributed by atoms with Crippen LogP contribution in [0.15, 0.2) is 279 Å². The Morgan fingerprint density at radius 3 is 1.06 bits per heavy atom. The number of anilines is 3. The van der Waals surface area contributed by atoms with Crippen molar-refractivity contribution in [1.82, 2.24) is 4.57 Å². The summed E-state index contributed by atoms with van der Waals surface area (Å²) >= 11 is 0. The average Bonchev–Trinajstić information content (AvgIpc) is 3.78. The van der Waals surface area contributed by atoms with Gasteiger partial charge in [0.15, 0.2) is 0 Å². The SMILES string of the molecule is c1ccc(-c2c3ccccc3c(-c3ccc(N(c4ccccc4)c4ccc(-n5c6ccc(-c7ccc8ccccc8c7)cc6c6cc(-c7ccc8ccccc8c7)ccc65)cc4)cc3)c3ccccc23)cc1. The van der Waals surface area contributed by atoms with E-state index >= 15 is 0 Å². The summed E-state index contributed by atoms with van der Waals surface area (Å²) < 4.78 is 2.43. The number of aromatic nitrogens is 1. The number of fused-ring (bicyclic) bond motifs is 7. The van der Waals surface area contributed by atoms with Gasteiger partial charge < -0.3 is 9.47 Å². The van der Waals surface area contributed by atoms with E-state index in [4.69, 9.17) is 0 Å². The molecule has 0 amide bonds. The Morgan fingerprint density at radius 1 is 0.222 bits per heavy atom. The van der Waals surface area contributed by atoms with E-state index in [2.05, 4.69) is 289 Å². The molecule has 0 unspecified atom stereocenters. The molecular formula is C70H46N2. The molecule has 72 heavy (non-hydrogen) atoms. The quantitative estimate of drug-likeness (QED) is 0.138. The van der Waals surface area contributed by atoms with Gasteiger partial charge in [-0.15, -0.1) is 0 Å². The van der Waals surface area contributed by atoms with E-state index in [1.54, 1.807) is 0 Å². The van der Waals surface area contributed by atoms with Gasteiger partial charge in [0.25, 0.3) is 0 Å². The molecule has 1 heterocycles. The molecule has 0 radical (unpaired) electrons. The summed E-state index contributed by atoms with van der Waals surface area (Å²) in [5.41, 5.74) is 16.5. The Hall–Kier alpha value is -9.50. The standard InChI is InChI=1S/C70H46N2/c1-3-17-49(18-4-1)69-61-23-11-13-25-63(61)70(64-26-14-12-24-62(64)69)50-31-35-58(36-32-50)71(57-21-5-2-6-22-57)59-37-39-60(40-38-59)72-67-41-33-55(53-29-27-47-15-7-9-19-51(47)43-53)45-65(67)66-46-56(34-42-68(66)72)54-30-28-48-16-8-10-20-52(48)44-54/h1-46H. The maximum Gasteiger partial charge on any atom is 0.0541 e. The van der Waals surface area contributed by atoms with Crippen LogP contribution in [0.5, 0.6) is 0 Å². The highest BCUT2D eigenvalue weighted by Crippen LogP contribution is 2.45. The summed E-state index contributed by atoms with van der Waals surface area (Å²) in [5, 5.41) is 12.4. The van der Waals surface area contributed by atoms with Crippen LogP contribution >= 0.6 is 0 Å². The molecule has 0 aliphatic heterocycles. The molecule has 14 rings (SSSR count). The number of nitrogens with zero attached hydrogens (tertiary/aromatic N) is 2. The van der Waals surface area contributed by atoms with Gasteiger partial charge in [-0.05, 0) is 173 Å². The topological polar surface area (TPSA) is 8.17 Å². The van der Waals surface area contributed by atoms with Gasteiger partial charge >= 0.3 is 0 Å². The Balaban J connectivity index is 0.880. The first-order chi connectivity index (χ1) is 35.7. The molecule has 0 fully saturated rings. The predicted molar refractivity (Wildman–Crippen MR) is 307 cm³/mol. The summed E-state index contributed by atoms with van der Waals surface area (Å²) in [4.78, 5) is 2.36. The summed E-state index contributed by atoms with van der Waals surface area (Å²) in [6.45, 7) is 0. The molecule has 0 atom stereocenters. The third-order valence-electron chi connectivity index (χ3n) is 14.7. The zero-order valence-electron chi connectivity index (χ0n) is 39.5. The van der Waals surface area contributed by atoms with E-state index in [0.29, 0.717) is 0 Å². The van der Waals surface area contributed by atoms with E-state index in [9.17, 15) is 0 Å². The Kier molecular flexibility index (Phi) is 9.89. The lowest BCUT2D eigenvalue weighted by Crippen LogP contribution is -2.10. The lowest BCUT2D eigenvalue weighted by Gasteiger charge is -2.26. The van der Waals surface area contributed by atoms with Crippen molar-refractivity contribution in [2.45, 2.75) is 0 Å². The minimum absolute atomic E-state index is 1.08. The van der Waals surface area contributed by atoms with Crippen molar-refractivity contribution in [3.05, 3.63) is 279 Å². The number of hydrogen-bond donors (Lipinski definition) is 0. The average molecular weight is 915 g/mol. The predicted octanol–water partition coefficient (Wildman–Crippen LogP) is 19.5. The third kappa shape index (κ3) is 7.03. The molecule has 0 N–H and O–H groups in total. The van der Waals surface area contributed by atoms with Crippen molar-refractivity contribution in [2.75, 3.05) is 4.90 Å². The van der Waals surface area contributed by atoms with E-state index in [1.165, 1.54) is 109 Å². The molecule has 13 aromatic carbocycles. The van der Waals surface area contributed by atoms with Crippen LogP contribution in [0.4, 0.5) is 17.1 Å². The van der Waals surface area contributed by atoms with Gasteiger partial charge in [-0.3, -0.25) is 0 Å². The Labute approximate surface area is 418 Å². The van der Waals surface area contributed by atoms with Gasteiger partial charge in [0, 0.05) is 33.5 Å². The fourth-order valence-electron chi connectivity index (χ4n) is 11.3. The van der Waals surface area contributed by atoms with Crippen molar-refractivity contribution < 1.29 is 0 Å². The minimum atomic E-state index is 1.08. The molecule has 336 valence electrons. The summed E-state index contributed by atoms with van der Waals surface area (Å²) in [6, 6.07) is 102. The zero-order valence-corrected chi connectivity index (χ0v) is 39.5. The van der Waals surface area contributed by atoms with Gasteiger partial charge in [0.05, 0.1) is 11.0 Å². The number of rotatable bonds is 8. The van der Waals surface area contributed by atoms with E-state index in [1.807, 2.05) is 0 Å². The first-order valence-corrected chi connectivity index (χ1v) is 24.8. The van der Waals surface area contributed by atoms with Gasteiger partial charge in [-0.25, -0.2) is 0 Å². The minimum Gasteiger partial charge on any atom is -0.311 e. The third-order valence-corrected chi connectivity index (χ3v) is 14.7. The summed E-state index contributed by atoms with van der Waals surface area (Å²) in [7, 11) is 0. The number of para-hydroxylation sites is 1. The van der Waals surface area contributed by atoms with E-state index in [0.717, 1.165) is 22.7 Å². The zero-order chi connectivity index (χ0) is 47.5. The molecule has 0 saturated heterocycles. The number of hydrogen-bond acceptors (Lipinski definition) is 1. The monoisotopic (exact) mass is 914 g/mol. The second-order valence-electron chi connectivity index (χ2n) is 18.9. The second-order valence-corrected chi connectivity index (χ2v) is 18.9. The normalized spacial score (nSPS) is 11.6. The summed E-state index contributed by atoms with van der Waals surface area (Å²) in [6.07, 6.45) is 0. The molecule has 0 bridgehead atoms. The van der Waals surface area contributed by atoms with Crippen LogP contribution in [-0.2, 0) is 0 Å². The van der Waals surface area contributed by atoms with E-state index < -0.39 is 0 Å². The van der Waals surface area contributed by atoms with Crippen LogP contribution in [-0.4, -0.2) is 4.57 Å². The first-order valence-electron chi connectivity index (χ1n) is 24.8. The van der Waals surface area contributed by atoms with Crippen molar-refractivity contribution >= 4 is 82.0 Å². The fourth-order valence-corrected chi connectivity index (χ4v) is 11.3. The number of benzene rings is 13. The van der Waals surface area contributed by atoms with Crippen molar-refractivity contribution in [2.24, 2.45) is 0 Å². The molecule has 0 aliphatic rings. The largest absolute Gasteiger partial charge is 0.311 e. The second kappa shape index (κ2) is 17.2. The Bertz CT molecular complexity index is 4170. The van der Waals surface area contributed by atoms with Gasteiger partial charge in [0.1, 0.15) is 0 Å².